The second kappa shape index (κ2) is 7.67. The van der Waals surface area contributed by atoms with Crippen LogP contribution >= 0.6 is 27.7 Å². The largest absolute Gasteiger partial charge is 0.381 e. The van der Waals surface area contributed by atoms with Gasteiger partial charge in [-0.3, -0.25) is 0 Å². The summed E-state index contributed by atoms with van der Waals surface area (Å²) in [7, 11) is 0. The summed E-state index contributed by atoms with van der Waals surface area (Å²) in [6, 6.07) is 7.03. The molecule has 19 heavy (non-hydrogen) atoms. The lowest BCUT2D eigenvalue weighted by atomic mass is 10.1. The third-order valence-corrected chi connectivity index (χ3v) is 5.32. The third kappa shape index (κ3) is 4.48. The number of hydrogen-bond donors (Lipinski definition) is 1. The average molecular weight is 344 g/mol. The van der Waals surface area contributed by atoms with E-state index in [4.69, 9.17) is 4.74 Å². The van der Waals surface area contributed by atoms with Crippen molar-refractivity contribution in [1.82, 2.24) is 5.32 Å². The maximum absolute atomic E-state index is 5.44. The molecule has 1 unspecified atom stereocenters. The Morgan fingerprint density at radius 3 is 2.84 bits per heavy atom. The van der Waals surface area contributed by atoms with Crippen LogP contribution < -0.4 is 5.32 Å². The Morgan fingerprint density at radius 1 is 1.42 bits per heavy atom. The van der Waals surface area contributed by atoms with Crippen molar-refractivity contribution in [3.8, 4) is 0 Å². The zero-order valence-corrected chi connectivity index (χ0v) is 14.0. The fourth-order valence-corrected chi connectivity index (χ4v) is 4.23. The topological polar surface area (TPSA) is 21.3 Å². The molecule has 1 aromatic carbocycles. The van der Waals surface area contributed by atoms with Crippen molar-refractivity contribution >= 4 is 27.7 Å². The molecule has 4 heteroatoms. The summed E-state index contributed by atoms with van der Waals surface area (Å²) in [5, 5.41) is 4.20. The molecule has 1 fully saturated rings. The van der Waals surface area contributed by atoms with E-state index in [9.17, 15) is 0 Å². The van der Waals surface area contributed by atoms with Crippen LogP contribution in [0.25, 0.3) is 0 Å². The Bertz CT molecular complexity index is 407. The number of hydrogen-bond acceptors (Lipinski definition) is 3. The number of benzene rings is 1. The summed E-state index contributed by atoms with van der Waals surface area (Å²) in [5.41, 5.74) is 1.40. The molecule has 1 heterocycles. The zero-order chi connectivity index (χ0) is 13.7. The van der Waals surface area contributed by atoms with Crippen LogP contribution in [0, 0.1) is 0 Å². The number of nitrogens with one attached hydrogen (secondary N) is 1. The summed E-state index contributed by atoms with van der Waals surface area (Å²) in [4.78, 5) is 1.40. The first-order valence-electron chi connectivity index (χ1n) is 6.98. The van der Waals surface area contributed by atoms with Crippen molar-refractivity contribution < 1.29 is 4.74 Å². The van der Waals surface area contributed by atoms with Crippen LogP contribution in [0.3, 0.4) is 0 Å². The lowest BCUT2D eigenvalue weighted by molar-refractivity contribution is 0.1000. The number of rotatable bonds is 5. The molecule has 1 atom stereocenters. The van der Waals surface area contributed by atoms with Crippen LogP contribution in [0.1, 0.15) is 38.3 Å². The van der Waals surface area contributed by atoms with E-state index in [1.54, 1.807) is 0 Å². The molecule has 2 rings (SSSR count). The minimum atomic E-state index is 0.403. The number of halogens is 1. The highest BCUT2D eigenvalue weighted by Crippen LogP contribution is 2.36. The average Bonchev–Trinajstić information content (AvgIpc) is 2.40. The van der Waals surface area contributed by atoms with Crippen molar-refractivity contribution in [2.24, 2.45) is 0 Å². The van der Waals surface area contributed by atoms with E-state index in [0.717, 1.165) is 37.1 Å². The molecule has 1 aliphatic heterocycles. The van der Waals surface area contributed by atoms with E-state index in [1.807, 2.05) is 11.8 Å². The van der Waals surface area contributed by atoms with Crippen LogP contribution in [0.15, 0.2) is 27.6 Å². The van der Waals surface area contributed by atoms with E-state index in [1.165, 1.54) is 10.5 Å². The van der Waals surface area contributed by atoms with Gasteiger partial charge in [-0.2, -0.15) is 0 Å². The molecule has 0 spiro atoms. The molecule has 1 aromatic rings. The maximum Gasteiger partial charge on any atom is 0.0476 e. The second-order valence-corrected chi connectivity index (χ2v) is 7.15. The highest BCUT2D eigenvalue weighted by Gasteiger charge is 2.18. The quantitative estimate of drug-likeness (QED) is 0.856. The monoisotopic (exact) mass is 343 g/mol. The highest BCUT2D eigenvalue weighted by molar-refractivity contribution is 9.10. The Hall–Kier alpha value is -0.0300. The first-order valence-corrected chi connectivity index (χ1v) is 8.65. The molecular weight excluding hydrogens is 322 g/mol. The van der Waals surface area contributed by atoms with Crippen molar-refractivity contribution in [2.75, 3.05) is 19.8 Å². The molecular formula is C15H22BrNOS. The maximum atomic E-state index is 5.44. The summed E-state index contributed by atoms with van der Waals surface area (Å²) < 4.78 is 6.60. The summed E-state index contributed by atoms with van der Waals surface area (Å²) in [5.74, 6) is 0. The Kier molecular flexibility index (Phi) is 6.20. The molecule has 0 radical (unpaired) electrons. The van der Waals surface area contributed by atoms with Crippen LogP contribution in [-0.4, -0.2) is 25.0 Å². The summed E-state index contributed by atoms with van der Waals surface area (Å²) >= 11 is 5.60. The van der Waals surface area contributed by atoms with E-state index in [-0.39, 0.29) is 0 Å². The lowest BCUT2D eigenvalue weighted by Crippen LogP contribution is -2.20. The van der Waals surface area contributed by atoms with E-state index < -0.39 is 0 Å². The first kappa shape index (κ1) is 15.4. The zero-order valence-electron chi connectivity index (χ0n) is 11.6. The molecule has 2 nitrogen and oxygen atoms in total. The minimum absolute atomic E-state index is 0.403. The first-order chi connectivity index (χ1) is 9.20. The minimum Gasteiger partial charge on any atom is -0.381 e. The van der Waals surface area contributed by atoms with Gasteiger partial charge in [-0.05, 0) is 44.0 Å². The van der Waals surface area contributed by atoms with Crippen LogP contribution in [-0.2, 0) is 4.74 Å². The third-order valence-electron chi connectivity index (χ3n) is 3.41. The molecule has 0 saturated carbocycles. The molecule has 0 amide bonds. The normalized spacial score (nSPS) is 18.5. The van der Waals surface area contributed by atoms with Gasteiger partial charge in [0.2, 0.25) is 0 Å². The molecule has 0 bridgehead atoms. The fraction of sp³-hybridized carbons (Fsp3) is 0.600. The highest BCUT2D eigenvalue weighted by atomic mass is 79.9. The van der Waals surface area contributed by atoms with Gasteiger partial charge in [-0.25, -0.2) is 0 Å². The smallest absolute Gasteiger partial charge is 0.0476 e. The SMILES string of the molecule is CCNC(C)c1ccc(Br)cc1SC1CCOCC1. The fourth-order valence-electron chi connectivity index (χ4n) is 2.36. The van der Waals surface area contributed by atoms with Gasteiger partial charge in [0.15, 0.2) is 0 Å². The van der Waals surface area contributed by atoms with Gasteiger partial charge in [-0.15, -0.1) is 11.8 Å². The van der Waals surface area contributed by atoms with Crippen molar-refractivity contribution in [3.63, 3.8) is 0 Å². The van der Waals surface area contributed by atoms with Gasteiger partial charge < -0.3 is 10.1 Å². The molecule has 106 valence electrons. The molecule has 1 aliphatic rings. The van der Waals surface area contributed by atoms with Crippen LogP contribution in [0.5, 0.6) is 0 Å². The standard InChI is InChI=1S/C15H22BrNOS/c1-3-17-11(2)14-5-4-12(16)10-15(14)19-13-6-8-18-9-7-13/h4-5,10-11,13,17H,3,6-9H2,1-2H3. The Balaban J connectivity index is 2.14. The van der Waals surface area contributed by atoms with Crippen LogP contribution in [0.4, 0.5) is 0 Å². The summed E-state index contributed by atoms with van der Waals surface area (Å²) in [6.07, 6.45) is 2.32. The number of thioether (sulfide) groups is 1. The van der Waals surface area contributed by atoms with Gasteiger partial charge in [0.25, 0.3) is 0 Å². The van der Waals surface area contributed by atoms with Crippen molar-refractivity contribution in [1.29, 1.82) is 0 Å². The van der Waals surface area contributed by atoms with Crippen molar-refractivity contribution in [3.05, 3.63) is 28.2 Å². The van der Waals surface area contributed by atoms with Gasteiger partial charge in [0.1, 0.15) is 0 Å². The molecule has 0 aromatic heterocycles. The lowest BCUT2D eigenvalue weighted by Gasteiger charge is -2.24. The Labute approximate surface area is 128 Å². The van der Waals surface area contributed by atoms with Crippen LogP contribution in [0.2, 0.25) is 0 Å². The molecule has 1 N–H and O–H groups in total. The second-order valence-electron chi connectivity index (χ2n) is 4.89. The van der Waals surface area contributed by atoms with E-state index in [0.29, 0.717) is 11.3 Å². The summed E-state index contributed by atoms with van der Waals surface area (Å²) in [6.45, 7) is 7.20. The molecule has 0 aliphatic carbocycles. The van der Waals surface area contributed by atoms with E-state index >= 15 is 0 Å². The van der Waals surface area contributed by atoms with Gasteiger partial charge >= 0.3 is 0 Å². The predicted octanol–water partition coefficient (Wildman–Crippen LogP) is 4.39. The van der Waals surface area contributed by atoms with Gasteiger partial charge in [-0.1, -0.05) is 28.9 Å². The predicted molar refractivity (Wildman–Crippen MR) is 85.9 cm³/mol. The van der Waals surface area contributed by atoms with Gasteiger partial charge in [0.05, 0.1) is 0 Å². The van der Waals surface area contributed by atoms with Crippen molar-refractivity contribution in [2.45, 2.75) is 42.9 Å². The Morgan fingerprint density at radius 2 is 2.16 bits per heavy atom. The molecule has 1 saturated heterocycles. The number of ether oxygens (including phenoxy) is 1. The van der Waals surface area contributed by atoms with Gasteiger partial charge in [0, 0.05) is 33.9 Å². The van der Waals surface area contributed by atoms with E-state index in [2.05, 4.69) is 53.3 Å².